The number of methoxy groups -OCH3 is 1. The fourth-order valence-corrected chi connectivity index (χ4v) is 2.37. The number of hydrogen-bond acceptors (Lipinski definition) is 3. The second-order valence-electron chi connectivity index (χ2n) is 6.83. The first-order valence-corrected chi connectivity index (χ1v) is 7.27. The van der Waals surface area contributed by atoms with E-state index in [-0.39, 0.29) is 11.5 Å². The second-order valence-corrected chi connectivity index (χ2v) is 6.83. The smallest absolute Gasteiger partial charge is 0.123 e. The largest absolute Gasteiger partial charge is 0.496 e. The highest BCUT2D eigenvalue weighted by Crippen LogP contribution is 2.28. The van der Waals surface area contributed by atoms with Crippen LogP contribution in [-0.4, -0.2) is 31.6 Å². The van der Waals surface area contributed by atoms with Crippen molar-refractivity contribution in [2.45, 2.75) is 46.7 Å². The molecule has 0 radical (unpaired) electrons. The van der Waals surface area contributed by atoms with Gasteiger partial charge in [0.2, 0.25) is 0 Å². The molecule has 3 nitrogen and oxygen atoms in total. The predicted molar refractivity (Wildman–Crippen MR) is 86.2 cm³/mol. The molecule has 0 aliphatic carbocycles. The van der Waals surface area contributed by atoms with Crippen molar-refractivity contribution in [1.29, 1.82) is 0 Å². The Morgan fingerprint density at radius 2 is 1.90 bits per heavy atom. The van der Waals surface area contributed by atoms with Gasteiger partial charge in [0.15, 0.2) is 0 Å². The number of benzene rings is 1. The van der Waals surface area contributed by atoms with E-state index in [4.69, 9.17) is 10.5 Å². The summed E-state index contributed by atoms with van der Waals surface area (Å²) in [5.41, 5.74) is 8.94. The SMILES string of the molecule is COc1ccc(C)cc1C(N)CN(C)C(C)C(C)(C)C. The molecule has 0 heterocycles. The molecule has 0 fully saturated rings. The van der Waals surface area contributed by atoms with E-state index in [0.29, 0.717) is 6.04 Å². The lowest BCUT2D eigenvalue weighted by Gasteiger charge is -2.36. The van der Waals surface area contributed by atoms with Gasteiger partial charge in [0.25, 0.3) is 0 Å². The van der Waals surface area contributed by atoms with Crippen molar-refractivity contribution in [3.05, 3.63) is 29.3 Å². The Morgan fingerprint density at radius 1 is 1.30 bits per heavy atom. The van der Waals surface area contributed by atoms with E-state index in [1.54, 1.807) is 7.11 Å². The highest BCUT2D eigenvalue weighted by Gasteiger charge is 2.25. The molecule has 114 valence electrons. The standard InChI is InChI=1S/C17H30N2O/c1-12-8-9-16(20-7)14(10-12)15(18)11-19(6)13(2)17(3,4)5/h8-10,13,15H,11,18H2,1-7H3. The van der Waals surface area contributed by atoms with Crippen molar-refractivity contribution in [1.82, 2.24) is 4.90 Å². The molecule has 0 amide bonds. The van der Waals surface area contributed by atoms with E-state index in [1.807, 2.05) is 6.07 Å². The lowest BCUT2D eigenvalue weighted by Crippen LogP contribution is -2.42. The average molecular weight is 278 g/mol. The summed E-state index contributed by atoms with van der Waals surface area (Å²) < 4.78 is 5.43. The maximum Gasteiger partial charge on any atom is 0.123 e. The number of nitrogens with zero attached hydrogens (tertiary/aromatic N) is 1. The molecular formula is C17H30N2O. The average Bonchev–Trinajstić information content (AvgIpc) is 2.36. The first kappa shape index (κ1) is 17.0. The van der Waals surface area contributed by atoms with Gasteiger partial charge in [-0.2, -0.15) is 0 Å². The molecule has 2 N–H and O–H groups in total. The minimum Gasteiger partial charge on any atom is -0.496 e. The van der Waals surface area contributed by atoms with Gasteiger partial charge in [0, 0.05) is 24.2 Å². The van der Waals surface area contributed by atoms with Gasteiger partial charge in [0.1, 0.15) is 5.75 Å². The van der Waals surface area contributed by atoms with E-state index in [0.717, 1.165) is 17.9 Å². The summed E-state index contributed by atoms with van der Waals surface area (Å²) in [5.74, 6) is 0.875. The zero-order valence-electron chi connectivity index (χ0n) is 14.0. The Kier molecular flexibility index (Phi) is 5.60. The fraction of sp³-hybridized carbons (Fsp3) is 0.647. The third-order valence-corrected chi connectivity index (χ3v) is 4.18. The van der Waals surface area contributed by atoms with E-state index >= 15 is 0 Å². The molecule has 0 saturated heterocycles. The maximum absolute atomic E-state index is 6.40. The predicted octanol–water partition coefficient (Wildman–Crippen LogP) is 3.37. The van der Waals surface area contributed by atoms with Gasteiger partial charge in [-0.25, -0.2) is 0 Å². The first-order chi connectivity index (χ1) is 9.16. The fourth-order valence-electron chi connectivity index (χ4n) is 2.37. The molecule has 0 aliphatic rings. The van der Waals surface area contributed by atoms with Gasteiger partial charge in [-0.3, -0.25) is 0 Å². The maximum atomic E-state index is 6.40. The quantitative estimate of drug-likeness (QED) is 0.897. The van der Waals surface area contributed by atoms with Crippen LogP contribution in [0.15, 0.2) is 18.2 Å². The zero-order chi connectivity index (χ0) is 15.5. The normalized spacial score (nSPS) is 15.2. The lowest BCUT2D eigenvalue weighted by atomic mass is 9.87. The summed E-state index contributed by atoms with van der Waals surface area (Å²) in [6.07, 6.45) is 0. The number of likely N-dealkylation sites (N-methyl/N-ethyl adjacent to an activating group) is 1. The van der Waals surface area contributed by atoms with Crippen molar-refractivity contribution in [3.8, 4) is 5.75 Å². The molecule has 0 aromatic heterocycles. The molecule has 0 saturated carbocycles. The molecule has 1 aromatic carbocycles. The van der Waals surface area contributed by atoms with E-state index in [1.165, 1.54) is 5.56 Å². The third-order valence-electron chi connectivity index (χ3n) is 4.18. The van der Waals surface area contributed by atoms with Gasteiger partial charge in [0.05, 0.1) is 7.11 Å². The molecule has 0 spiro atoms. The molecular weight excluding hydrogens is 248 g/mol. The lowest BCUT2D eigenvalue weighted by molar-refractivity contribution is 0.134. The Bertz CT molecular complexity index is 437. The van der Waals surface area contributed by atoms with Crippen LogP contribution in [-0.2, 0) is 0 Å². The Balaban J connectivity index is 2.86. The van der Waals surface area contributed by atoms with Crippen LogP contribution < -0.4 is 10.5 Å². The number of nitrogens with two attached hydrogens (primary N) is 1. The van der Waals surface area contributed by atoms with Crippen molar-refractivity contribution in [2.24, 2.45) is 11.1 Å². The molecule has 2 unspecified atom stereocenters. The van der Waals surface area contributed by atoms with Crippen LogP contribution in [0, 0.1) is 12.3 Å². The molecule has 20 heavy (non-hydrogen) atoms. The molecule has 0 aliphatic heterocycles. The third kappa shape index (κ3) is 4.22. The number of ether oxygens (including phenoxy) is 1. The van der Waals surface area contributed by atoms with E-state index in [9.17, 15) is 0 Å². The van der Waals surface area contributed by atoms with Crippen LogP contribution in [0.4, 0.5) is 0 Å². The number of rotatable bonds is 5. The Morgan fingerprint density at radius 3 is 2.40 bits per heavy atom. The number of aryl methyl sites for hydroxylation is 1. The minimum atomic E-state index is -0.0420. The van der Waals surface area contributed by atoms with Crippen LogP contribution in [0.5, 0.6) is 5.75 Å². The number of hydrogen-bond donors (Lipinski definition) is 1. The van der Waals surface area contributed by atoms with Crippen LogP contribution in [0.1, 0.15) is 44.9 Å². The van der Waals surface area contributed by atoms with E-state index in [2.05, 4.69) is 58.7 Å². The summed E-state index contributed by atoms with van der Waals surface area (Å²) in [6, 6.07) is 6.59. The van der Waals surface area contributed by atoms with E-state index < -0.39 is 0 Å². The van der Waals surface area contributed by atoms with Gasteiger partial charge < -0.3 is 15.4 Å². The molecule has 1 rings (SSSR count). The van der Waals surface area contributed by atoms with Crippen molar-refractivity contribution < 1.29 is 4.74 Å². The Labute approximate surface area is 124 Å². The van der Waals surface area contributed by atoms with Crippen LogP contribution in [0.2, 0.25) is 0 Å². The molecule has 0 bridgehead atoms. The summed E-state index contributed by atoms with van der Waals surface area (Å²) in [7, 11) is 3.83. The summed E-state index contributed by atoms with van der Waals surface area (Å²) in [6.45, 7) is 11.9. The first-order valence-electron chi connectivity index (χ1n) is 7.27. The molecule has 1 aromatic rings. The van der Waals surface area contributed by atoms with Gasteiger partial charge in [-0.1, -0.05) is 38.5 Å². The second kappa shape index (κ2) is 6.59. The topological polar surface area (TPSA) is 38.5 Å². The van der Waals surface area contributed by atoms with Gasteiger partial charge >= 0.3 is 0 Å². The minimum absolute atomic E-state index is 0.0420. The van der Waals surface area contributed by atoms with Crippen LogP contribution >= 0.6 is 0 Å². The van der Waals surface area contributed by atoms with Gasteiger partial charge in [-0.05, 0) is 32.4 Å². The van der Waals surface area contributed by atoms with Crippen LogP contribution in [0.25, 0.3) is 0 Å². The summed E-state index contributed by atoms with van der Waals surface area (Å²) in [4.78, 5) is 2.33. The highest BCUT2D eigenvalue weighted by molar-refractivity contribution is 5.39. The van der Waals surface area contributed by atoms with Gasteiger partial charge in [-0.15, -0.1) is 0 Å². The van der Waals surface area contributed by atoms with Crippen molar-refractivity contribution in [2.75, 3.05) is 20.7 Å². The van der Waals surface area contributed by atoms with Crippen LogP contribution in [0.3, 0.4) is 0 Å². The summed E-state index contributed by atoms with van der Waals surface area (Å²) in [5, 5.41) is 0. The van der Waals surface area contributed by atoms with Crippen molar-refractivity contribution >= 4 is 0 Å². The summed E-state index contributed by atoms with van der Waals surface area (Å²) >= 11 is 0. The highest BCUT2D eigenvalue weighted by atomic mass is 16.5. The molecule has 2 atom stereocenters. The zero-order valence-corrected chi connectivity index (χ0v) is 14.0. The molecule has 3 heteroatoms. The Hall–Kier alpha value is -1.06. The monoisotopic (exact) mass is 278 g/mol. The van der Waals surface area contributed by atoms with Crippen molar-refractivity contribution in [3.63, 3.8) is 0 Å².